The van der Waals surface area contributed by atoms with Gasteiger partial charge >= 0.3 is 5.97 Å². The molecule has 0 radical (unpaired) electrons. The third kappa shape index (κ3) is 9.33. The van der Waals surface area contributed by atoms with E-state index >= 15 is 0 Å². The first kappa shape index (κ1) is 16.6. The Morgan fingerprint density at radius 3 is 2.35 bits per heavy atom. The highest BCUT2D eigenvalue weighted by atomic mass is 32.2. The van der Waals surface area contributed by atoms with Crippen LogP contribution < -0.4 is 0 Å². The molecule has 3 nitrogen and oxygen atoms in total. The third-order valence-electron chi connectivity index (χ3n) is 2.83. The topological polar surface area (TPSA) is 43.4 Å². The summed E-state index contributed by atoms with van der Waals surface area (Å²) in [4.78, 5) is 11.0. The Bertz CT molecular complexity index is 229. The van der Waals surface area contributed by atoms with E-state index in [0.29, 0.717) is 5.75 Å². The van der Waals surface area contributed by atoms with Crippen molar-refractivity contribution in [2.75, 3.05) is 12.9 Å². The van der Waals surface area contributed by atoms with Crippen molar-refractivity contribution in [2.24, 2.45) is 0 Å². The molecular weight excluding hydrogens is 236 g/mol. The van der Waals surface area contributed by atoms with Gasteiger partial charge in [-0.05, 0) is 6.42 Å². The standard InChI is InChI=1S/C13H26O3S/c1-4-5-6-7-8-9-10-17(15)12(2)11-13(14)16-3/h12H,4-11H2,1-3H3. The molecular formula is C13H26O3S. The Kier molecular flexibility index (Phi) is 10.5. The van der Waals surface area contributed by atoms with Crippen LogP contribution >= 0.6 is 0 Å². The van der Waals surface area contributed by atoms with E-state index < -0.39 is 10.8 Å². The number of hydrogen-bond donors (Lipinski definition) is 0. The zero-order valence-electron chi connectivity index (χ0n) is 11.4. The Hall–Kier alpha value is -0.380. The van der Waals surface area contributed by atoms with Crippen LogP contribution in [0.15, 0.2) is 0 Å². The molecule has 0 aliphatic heterocycles. The van der Waals surface area contributed by atoms with E-state index in [-0.39, 0.29) is 17.6 Å². The first-order valence-corrected chi connectivity index (χ1v) is 7.94. The van der Waals surface area contributed by atoms with Gasteiger partial charge in [-0.25, -0.2) is 0 Å². The molecule has 0 N–H and O–H groups in total. The number of esters is 1. The summed E-state index contributed by atoms with van der Waals surface area (Å²) in [6, 6.07) is 0. The summed E-state index contributed by atoms with van der Waals surface area (Å²) in [5.74, 6) is 0.443. The van der Waals surface area contributed by atoms with Crippen molar-refractivity contribution in [3.63, 3.8) is 0 Å². The number of carbonyl (C=O) groups is 1. The molecule has 0 rings (SSSR count). The van der Waals surface area contributed by atoms with Crippen LogP contribution in [0.3, 0.4) is 0 Å². The molecule has 0 aromatic rings. The van der Waals surface area contributed by atoms with Crippen molar-refractivity contribution in [2.45, 2.75) is 64.0 Å². The zero-order chi connectivity index (χ0) is 13.1. The molecule has 0 aromatic carbocycles. The Balaban J connectivity index is 3.54. The summed E-state index contributed by atoms with van der Waals surface area (Å²) in [5.41, 5.74) is 0. The van der Waals surface area contributed by atoms with Gasteiger partial charge in [-0.1, -0.05) is 46.0 Å². The van der Waals surface area contributed by atoms with Crippen LogP contribution in [-0.4, -0.2) is 28.3 Å². The second-order valence-corrected chi connectivity index (χ2v) is 6.42. The Morgan fingerprint density at radius 1 is 1.18 bits per heavy atom. The summed E-state index contributed by atoms with van der Waals surface area (Å²) >= 11 is 0. The minimum atomic E-state index is -0.895. The zero-order valence-corrected chi connectivity index (χ0v) is 12.2. The third-order valence-corrected chi connectivity index (χ3v) is 4.58. The van der Waals surface area contributed by atoms with Gasteiger partial charge in [-0.3, -0.25) is 9.00 Å². The van der Waals surface area contributed by atoms with Gasteiger partial charge in [0.05, 0.1) is 13.5 Å². The van der Waals surface area contributed by atoms with E-state index in [1.54, 1.807) is 0 Å². The minimum absolute atomic E-state index is 0.0851. The van der Waals surface area contributed by atoms with Crippen molar-refractivity contribution >= 4 is 16.8 Å². The first-order chi connectivity index (χ1) is 8.11. The number of methoxy groups -OCH3 is 1. The van der Waals surface area contributed by atoms with E-state index in [1.165, 1.54) is 32.8 Å². The lowest BCUT2D eigenvalue weighted by molar-refractivity contribution is -0.140. The maximum atomic E-state index is 11.8. The fourth-order valence-electron chi connectivity index (χ4n) is 1.64. The predicted octanol–water partition coefficient (Wildman–Crippen LogP) is 3.05. The van der Waals surface area contributed by atoms with Crippen LogP contribution in [0, 0.1) is 0 Å². The SMILES string of the molecule is CCCCCCCCS(=O)C(C)CC(=O)OC. The molecule has 4 heteroatoms. The van der Waals surface area contributed by atoms with Gasteiger partial charge in [0.15, 0.2) is 0 Å². The quantitative estimate of drug-likeness (QED) is 0.449. The van der Waals surface area contributed by atoms with E-state index in [2.05, 4.69) is 11.7 Å². The lowest BCUT2D eigenvalue weighted by atomic mass is 10.1. The van der Waals surface area contributed by atoms with Gasteiger partial charge in [0, 0.05) is 21.8 Å². The van der Waals surface area contributed by atoms with Gasteiger partial charge in [0.25, 0.3) is 0 Å². The van der Waals surface area contributed by atoms with Gasteiger partial charge in [-0.2, -0.15) is 0 Å². The molecule has 2 atom stereocenters. The smallest absolute Gasteiger partial charge is 0.306 e. The van der Waals surface area contributed by atoms with Crippen molar-refractivity contribution in [1.82, 2.24) is 0 Å². The number of unbranched alkanes of at least 4 members (excludes halogenated alkanes) is 5. The van der Waals surface area contributed by atoms with Crippen LogP contribution in [0.25, 0.3) is 0 Å². The molecule has 0 heterocycles. The van der Waals surface area contributed by atoms with Crippen LogP contribution in [0.1, 0.15) is 58.8 Å². The van der Waals surface area contributed by atoms with Gasteiger partial charge < -0.3 is 4.74 Å². The van der Waals surface area contributed by atoms with Crippen molar-refractivity contribution < 1.29 is 13.7 Å². The number of carbonyl (C=O) groups excluding carboxylic acids is 1. The molecule has 0 amide bonds. The Morgan fingerprint density at radius 2 is 1.76 bits per heavy atom. The molecule has 0 bridgehead atoms. The van der Waals surface area contributed by atoms with Crippen LogP contribution in [-0.2, 0) is 20.3 Å². The normalized spacial score (nSPS) is 14.3. The van der Waals surface area contributed by atoms with E-state index in [1.807, 2.05) is 6.92 Å². The second kappa shape index (κ2) is 10.8. The maximum absolute atomic E-state index is 11.8. The summed E-state index contributed by atoms with van der Waals surface area (Å²) in [5, 5.41) is -0.0851. The fourth-order valence-corrected chi connectivity index (χ4v) is 2.85. The highest BCUT2D eigenvalue weighted by Gasteiger charge is 2.15. The molecule has 0 fully saturated rings. The van der Waals surface area contributed by atoms with Crippen LogP contribution in [0.2, 0.25) is 0 Å². The van der Waals surface area contributed by atoms with Crippen LogP contribution in [0.5, 0.6) is 0 Å². The molecule has 0 aliphatic rings. The molecule has 17 heavy (non-hydrogen) atoms. The lowest BCUT2D eigenvalue weighted by Gasteiger charge is -2.09. The van der Waals surface area contributed by atoms with E-state index in [9.17, 15) is 9.00 Å². The number of rotatable bonds is 10. The molecule has 0 saturated carbocycles. The number of hydrogen-bond acceptors (Lipinski definition) is 3. The van der Waals surface area contributed by atoms with Gasteiger partial charge in [-0.15, -0.1) is 0 Å². The monoisotopic (exact) mass is 262 g/mol. The predicted molar refractivity (Wildman–Crippen MR) is 72.5 cm³/mol. The second-order valence-electron chi connectivity index (χ2n) is 4.44. The summed E-state index contributed by atoms with van der Waals surface area (Å²) in [6.45, 7) is 4.05. The largest absolute Gasteiger partial charge is 0.469 e. The molecule has 102 valence electrons. The van der Waals surface area contributed by atoms with E-state index in [4.69, 9.17) is 0 Å². The molecule has 2 unspecified atom stereocenters. The molecule has 0 aromatic heterocycles. The van der Waals surface area contributed by atoms with Crippen molar-refractivity contribution in [3.8, 4) is 0 Å². The number of ether oxygens (including phenoxy) is 1. The molecule has 0 spiro atoms. The average molecular weight is 262 g/mol. The lowest BCUT2D eigenvalue weighted by Crippen LogP contribution is -2.19. The van der Waals surface area contributed by atoms with Crippen molar-refractivity contribution in [3.05, 3.63) is 0 Å². The van der Waals surface area contributed by atoms with Crippen LogP contribution in [0.4, 0.5) is 0 Å². The van der Waals surface area contributed by atoms with Crippen molar-refractivity contribution in [1.29, 1.82) is 0 Å². The maximum Gasteiger partial charge on any atom is 0.306 e. The molecule has 0 saturated heterocycles. The fraction of sp³-hybridized carbons (Fsp3) is 0.923. The summed E-state index contributed by atoms with van der Waals surface area (Å²) < 4.78 is 16.4. The van der Waals surface area contributed by atoms with E-state index in [0.717, 1.165) is 12.8 Å². The highest BCUT2D eigenvalue weighted by molar-refractivity contribution is 7.85. The minimum Gasteiger partial charge on any atom is -0.469 e. The summed E-state index contributed by atoms with van der Waals surface area (Å²) in [6.07, 6.45) is 7.47. The first-order valence-electron chi connectivity index (χ1n) is 6.55. The highest BCUT2D eigenvalue weighted by Crippen LogP contribution is 2.09. The average Bonchev–Trinajstić information content (AvgIpc) is 2.32. The van der Waals surface area contributed by atoms with Gasteiger partial charge in [0.2, 0.25) is 0 Å². The van der Waals surface area contributed by atoms with Gasteiger partial charge in [0.1, 0.15) is 0 Å². The molecule has 0 aliphatic carbocycles. The Labute approximate surface area is 108 Å². The summed E-state index contributed by atoms with van der Waals surface area (Å²) in [7, 11) is 0.472.